The first kappa shape index (κ1) is 43.8. The number of aromatic nitrogens is 1. The minimum absolute atomic E-state index is 0.443. The summed E-state index contributed by atoms with van der Waals surface area (Å²) in [7, 11) is 0. The van der Waals surface area contributed by atoms with E-state index in [0.29, 0.717) is 0 Å². The van der Waals surface area contributed by atoms with Crippen LogP contribution in [0.4, 0.5) is 17.1 Å². The van der Waals surface area contributed by atoms with Crippen molar-refractivity contribution in [2.75, 3.05) is 4.90 Å². The van der Waals surface area contributed by atoms with Crippen molar-refractivity contribution in [3.8, 4) is 39.1 Å². The van der Waals surface area contributed by atoms with Crippen LogP contribution in [-0.4, -0.2) is 4.57 Å². The Labute approximate surface area is 458 Å². The second-order valence-electron chi connectivity index (χ2n) is 21.4. The molecule has 2 spiro atoms. The Hall–Kier alpha value is -9.41. The summed E-state index contributed by atoms with van der Waals surface area (Å²) in [6, 6.07) is 105. The summed E-state index contributed by atoms with van der Waals surface area (Å²) in [4.78, 5) is 5.12. The molecule has 0 saturated heterocycles. The Kier molecular flexibility index (Phi) is 9.29. The number of hydrogen-bond donors (Lipinski definition) is 0. The minimum atomic E-state index is -0.512. The molecule has 0 fully saturated rings. The second-order valence-corrected chi connectivity index (χ2v) is 22.5. The second kappa shape index (κ2) is 16.5. The third kappa shape index (κ3) is 5.89. The zero-order chi connectivity index (χ0) is 51.1. The molecule has 0 radical (unpaired) electrons. The van der Waals surface area contributed by atoms with Crippen molar-refractivity contribution in [3.63, 3.8) is 0 Å². The number of para-hydroxylation sites is 2. The van der Waals surface area contributed by atoms with Gasteiger partial charge in [-0.05, 0) is 168 Å². The molecule has 17 rings (SSSR count). The SMILES string of the molecule is c1ccc(-n2c3ccccc3c3ccc(-c4ccc(N(c5ccc6c(c5)-c5ccccc5C65c6ccccc6Cc6ccccc65)c5ccc6c(c5)C5(c7ccccc7Sc7ccccc75)c5ccccc5-6)cc4)cc32)cc1. The van der Waals surface area contributed by atoms with Crippen molar-refractivity contribution in [1.82, 2.24) is 4.57 Å². The lowest BCUT2D eigenvalue weighted by Gasteiger charge is -2.40. The van der Waals surface area contributed by atoms with E-state index in [2.05, 4.69) is 289 Å². The summed E-state index contributed by atoms with van der Waals surface area (Å²) in [5.41, 5.74) is 27.0. The van der Waals surface area contributed by atoms with Crippen LogP contribution in [0.3, 0.4) is 0 Å². The third-order valence-electron chi connectivity index (χ3n) is 17.7. The fourth-order valence-corrected chi connectivity index (χ4v) is 15.9. The van der Waals surface area contributed by atoms with Crippen LogP contribution in [0.5, 0.6) is 0 Å². The van der Waals surface area contributed by atoms with Gasteiger partial charge >= 0.3 is 0 Å². The molecule has 1 aliphatic heterocycles. The summed E-state index contributed by atoms with van der Waals surface area (Å²) in [6.07, 6.45) is 0.926. The molecule has 13 aromatic rings. The van der Waals surface area contributed by atoms with Crippen LogP contribution in [0.2, 0.25) is 0 Å². The van der Waals surface area contributed by atoms with Crippen LogP contribution in [-0.2, 0) is 17.3 Å². The summed E-state index contributed by atoms with van der Waals surface area (Å²) < 4.78 is 2.41. The standard InChI is InChI=1S/C75H48N2S/c1-2-20-52(21-3-1)77-70-31-15-8-24-59(70)60-41-36-49(45-71(60)77)48-34-37-53(38-35-48)76(54-40-43-66-61(46-54)57-23-7-12-28-65(57)74(66)62-25-9-4-18-50(62)44-51-19-5-10-26-63(51)74)55-39-42-58-56-22-6-11-27-64(56)75(69(58)47-55)67-29-13-16-32-72(67)78-73-33-17-14-30-68(73)75/h1-43,45-47H,44H2. The first-order chi connectivity index (χ1) is 38.7. The number of nitrogens with zero attached hydrogens (tertiary/aromatic N) is 2. The molecule has 3 aliphatic carbocycles. The van der Waals surface area contributed by atoms with Gasteiger partial charge < -0.3 is 9.47 Å². The number of benzene rings is 12. The molecule has 1 aromatic heterocycles. The molecule has 12 aromatic carbocycles. The number of anilines is 3. The van der Waals surface area contributed by atoms with Crippen molar-refractivity contribution < 1.29 is 0 Å². The maximum atomic E-state index is 2.53. The quantitative estimate of drug-likeness (QED) is 0.170. The van der Waals surface area contributed by atoms with E-state index in [4.69, 9.17) is 0 Å². The van der Waals surface area contributed by atoms with Gasteiger partial charge in [0.15, 0.2) is 0 Å². The van der Waals surface area contributed by atoms with E-state index >= 15 is 0 Å². The van der Waals surface area contributed by atoms with Crippen LogP contribution >= 0.6 is 11.8 Å². The third-order valence-corrected chi connectivity index (χ3v) is 18.9. The summed E-state index contributed by atoms with van der Waals surface area (Å²) in [5, 5.41) is 2.51. The Morgan fingerprint density at radius 2 is 0.795 bits per heavy atom. The first-order valence-electron chi connectivity index (χ1n) is 27.2. The average Bonchev–Trinajstić information content (AvgIpc) is 4.28. The van der Waals surface area contributed by atoms with Gasteiger partial charge in [0.1, 0.15) is 0 Å². The van der Waals surface area contributed by atoms with Gasteiger partial charge in [-0.1, -0.05) is 218 Å². The van der Waals surface area contributed by atoms with Crippen LogP contribution in [0.15, 0.2) is 289 Å². The van der Waals surface area contributed by atoms with Gasteiger partial charge in [0, 0.05) is 43.3 Å². The highest BCUT2D eigenvalue weighted by Gasteiger charge is 2.52. The van der Waals surface area contributed by atoms with Crippen LogP contribution in [0.25, 0.3) is 60.9 Å². The molecule has 0 saturated carbocycles. The lowest BCUT2D eigenvalue weighted by atomic mass is 9.61. The van der Waals surface area contributed by atoms with Crippen molar-refractivity contribution in [2.45, 2.75) is 27.0 Å². The highest BCUT2D eigenvalue weighted by atomic mass is 32.2. The Balaban J connectivity index is 0.887. The van der Waals surface area contributed by atoms with Gasteiger partial charge in [-0.15, -0.1) is 0 Å². The van der Waals surface area contributed by atoms with Gasteiger partial charge in [0.25, 0.3) is 0 Å². The van der Waals surface area contributed by atoms with E-state index in [0.717, 1.165) is 29.2 Å². The normalized spacial score (nSPS) is 14.3. The van der Waals surface area contributed by atoms with Gasteiger partial charge in [0.2, 0.25) is 0 Å². The maximum Gasteiger partial charge on any atom is 0.0736 e. The predicted molar refractivity (Wildman–Crippen MR) is 322 cm³/mol. The Morgan fingerprint density at radius 3 is 1.50 bits per heavy atom. The van der Waals surface area contributed by atoms with E-state index in [1.807, 2.05) is 11.8 Å². The highest BCUT2D eigenvalue weighted by Crippen LogP contribution is 2.64. The van der Waals surface area contributed by atoms with Crippen LogP contribution in [0, 0.1) is 0 Å². The molecule has 0 unspecified atom stereocenters. The lowest BCUT2D eigenvalue weighted by molar-refractivity contribution is 0.722. The molecular weight excluding hydrogens is 961 g/mol. The highest BCUT2D eigenvalue weighted by molar-refractivity contribution is 7.99. The van der Waals surface area contributed by atoms with E-state index in [1.165, 1.54) is 121 Å². The van der Waals surface area contributed by atoms with Gasteiger partial charge in [0.05, 0.1) is 21.9 Å². The molecule has 4 aliphatic rings. The van der Waals surface area contributed by atoms with Crippen LogP contribution < -0.4 is 4.90 Å². The van der Waals surface area contributed by atoms with Gasteiger partial charge in [-0.25, -0.2) is 0 Å². The maximum absolute atomic E-state index is 2.53. The lowest BCUT2D eigenvalue weighted by Crippen LogP contribution is -2.34. The molecule has 3 heteroatoms. The number of fused-ring (bicyclic) bond motifs is 21. The Morgan fingerprint density at radius 1 is 0.308 bits per heavy atom. The van der Waals surface area contributed by atoms with Gasteiger partial charge in [-0.3, -0.25) is 0 Å². The topological polar surface area (TPSA) is 8.17 Å². The van der Waals surface area contributed by atoms with Crippen molar-refractivity contribution >= 4 is 50.6 Å². The predicted octanol–water partition coefficient (Wildman–Crippen LogP) is 19.0. The molecule has 364 valence electrons. The molecule has 78 heavy (non-hydrogen) atoms. The van der Waals surface area contributed by atoms with Crippen molar-refractivity contribution in [2.24, 2.45) is 0 Å². The summed E-state index contributed by atoms with van der Waals surface area (Å²) >= 11 is 1.89. The molecule has 0 amide bonds. The van der Waals surface area contributed by atoms with Crippen LogP contribution in [0.1, 0.15) is 55.6 Å². The molecule has 0 N–H and O–H groups in total. The minimum Gasteiger partial charge on any atom is -0.310 e. The molecule has 0 bridgehead atoms. The number of hydrogen-bond acceptors (Lipinski definition) is 2. The molecular formula is C75H48N2S. The van der Waals surface area contributed by atoms with E-state index < -0.39 is 10.8 Å². The van der Waals surface area contributed by atoms with E-state index in [1.54, 1.807) is 0 Å². The van der Waals surface area contributed by atoms with Crippen molar-refractivity contribution in [1.29, 1.82) is 0 Å². The Bertz CT molecular complexity index is 4550. The first-order valence-corrected chi connectivity index (χ1v) is 28.0. The molecule has 2 heterocycles. The van der Waals surface area contributed by atoms with E-state index in [-0.39, 0.29) is 0 Å². The summed E-state index contributed by atoms with van der Waals surface area (Å²) in [5.74, 6) is 0. The number of rotatable bonds is 5. The smallest absolute Gasteiger partial charge is 0.0736 e. The molecule has 0 atom stereocenters. The monoisotopic (exact) mass is 1010 g/mol. The zero-order valence-corrected chi connectivity index (χ0v) is 43.4. The van der Waals surface area contributed by atoms with E-state index in [9.17, 15) is 0 Å². The fraction of sp³-hybridized carbons (Fsp3) is 0.0400. The largest absolute Gasteiger partial charge is 0.310 e. The summed E-state index contributed by atoms with van der Waals surface area (Å²) in [6.45, 7) is 0. The van der Waals surface area contributed by atoms with Crippen molar-refractivity contribution in [3.05, 3.63) is 335 Å². The fourth-order valence-electron chi connectivity index (χ4n) is 14.7. The zero-order valence-electron chi connectivity index (χ0n) is 42.6. The average molecular weight is 1010 g/mol. The van der Waals surface area contributed by atoms with Gasteiger partial charge in [-0.2, -0.15) is 0 Å². The molecule has 2 nitrogen and oxygen atoms in total.